The van der Waals surface area contributed by atoms with E-state index in [1.165, 1.54) is 12.1 Å². The third kappa shape index (κ3) is 4.13. The Bertz CT molecular complexity index is 757. The molecule has 0 radical (unpaired) electrons. The van der Waals surface area contributed by atoms with Crippen molar-refractivity contribution in [3.05, 3.63) is 69.8 Å². The van der Waals surface area contributed by atoms with E-state index in [0.717, 1.165) is 5.56 Å². The Morgan fingerprint density at radius 1 is 1.16 bits per heavy atom. The average molecular weight is 342 g/mol. The number of benzene rings is 2. The fraction of sp³-hybridized carbons (Fsp3) is 0.278. The maximum Gasteiger partial charge on any atom is 0.340 e. The highest BCUT2D eigenvalue weighted by atomic mass is 16.6. The second-order valence-corrected chi connectivity index (χ2v) is 5.62. The van der Waals surface area contributed by atoms with Gasteiger partial charge in [-0.3, -0.25) is 10.1 Å². The van der Waals surface area contributed by atoms with Crippen LogP contribution in [0.4, 0.5) is 11.4 Å². The molecule has 1 heterocycles. The smallest absolute Gasteiger partial charge is 0.340 e. The van der Waals surface area contributed by atoms with E-state index < -0.39 is 10.9 Å². The van der Waals surface area contributed by atoms with Gasteiger partial charge in [0.2, 0.25) is 0 Å². The number of carbonyl (C=O) groups is 1. The molecule has 2 aromatic rings. The van der Waals surface area contributed by atoms with Crippen molar-refractivity contribution in [1.82, 2.24) is 0 Å². The summed E-state index contributed by atoms with van der Waals surface area (Å²) in [6.07, 6.45) is 0. The summed E-state index contributed by atoms with van der Waals surface area (Å²) in [4.78, 5) is 25.1. The van der Waals surface area contributed by atoms with Gasteiger partial charge in [0.1, 0.15) is 6.61 Å². The molecule has 0 spiro atoms. The number of nitro benzene ring substituents is 1. The van der Waals surface area contributed by atoms with Crippen LogP contribution in [-0.2, 0) is 16.1 Å². The summed E-state index contributed by atoms with van der Waals surface area (Å²) in [7, 11) is 0. The molecule has 0 amide bonds. The normalized spacial score (nSPS) is 14.2. The van der Waals surface area contributed by atoms with Gasteiger partial charge in [-0.15, -0.1) is 0 Å². The third-order valence-electron chi connectivity index (χ3n) is 3.98. The minimum absolute atomic E-state index is 0.116. The molecule has 0 saturated carbocycles. The van der Waals surface area contributed by atoms with Crippen LogP contribution in [0.25, 0.3) is 0 Å². The van der Waals surface area contributed by atoms with Crippen LogP contribution < -0.4 is 4.90 Å². The second-order valence-electron chi connectivity index (χ2n) is 5.62. The van der Waals surface area contributed by atoms with E-state index in [2.05, 4.69) is 0 Å². The molecule has 0 bridgehead atoms. The number of non-ortho nitro benzene ring substituents is 1. The fourth-order valence-corrected chi connectivity index (χ4v) is 2.68. The maximum atomic E-state index is 12.6. The van der Waals surface area contributed by atoms with Gasteiger partial charge in [-0.2, -0.15) is 0 Å². The molecule has 1 fully saturated rings. The van der Waals surface area contributed by atoms with Crippen LogP contribution in [0, 0.1) is 10.1 Å². The molecule has 25 heavy (non-hydrogen) atoms. The molecule has 1 aliphatic heterocycles. The Hall–Kier alpha value is -2.93. The van der Waals surface area contributed by atoms with Gasteiger partial charge in [0.25, 0.3) is 5.69 Å². The van der Waals surface area contributed by atoms with Gasteiger partial charge in [-0.1, -0.05) is 30.3 Å². The summed E-state index contributed by atoms with van der Waals surface area (Å²) in [6.45, 7) is 2.46. The van der Waals surface area contributed by atoms with Crippen molar-refractivity contribution in [2.45, 2.75) is 6.61 Å². The quantitative estimate of drug-likeness (QED) is 0.472. The summed E-state index contributed by atoms with van der Waals surface area (Å²) >= 11 is 0. The Labute approximate surface area is 144 Å². The largest absolute Gasteiger partial charge is 0.457 e. The van der Waals surface area contributed by atoms with Gasteiger partial charge in [-0.25, -0.2) is 4.79 Å². The summed E-state index contributed by atoms with van der Waals surface area (Å²) < 4.78 is 10.7. The molecular formula is C18H18N2O5. The lowest BCUT2D eigenvalue weighted by Gasteiger charge is -2.30. The van der Waals surface area contributed by atoms with Crippen LogP contribution >= 0.6 is 0 Å². The number of rotatable bonds is 5. The van der Waals surface area contributed by atoms with E-state index >= 15 is 0 Å². The maximum absolute atomic E-state index is 12.6. The highest BCUT2D eigenvalue weighted by Crippen LogP contribution is 2.27. The Balaban J connectivity index is 1.84. The molecule has 0 aliphatic carbocycles. The van der Waals surface area contributed by atoms with Gasteiger partial charge < -0.3 is 14.4 Å². The number of ether oxygens (including phenoxy) is 2. The highest BCUT2D eigenvalue weighted by molar-refractivity contribution is 5.96. The summed E-state index contributed by atoms with van der Waals surface area (Å²) in [5.74, 6) is -0.575. The number of hydrogen-bond donors (Lipinski definition) is 0. The number of anilines is 1. The molecule has 7 heteroatoms. The van der Waals surface area contributed by atoms with Crippen molar-refractivity contribution in [2.75, 3.05) is 31.2 Å². The predicted molar refractivity (Wildman–Crippen MR) is 91.7 cm³/mol. The van der Waals surface area contributed by atoms with Crippen molar-refractivity contribution < 1.29 is 19.2 Å². The van der Waals surface area contributed by atoms with Crippen molar-refractivity contribution >= 4 is 17.3 Å². The molecular weight excluding hydrogens is 324 g/mol. The summed E-state index contributed by atoms with van der Waals surface area (Å²) in [5, 5.41) is 11.1. The van der Waals surface area contributed by atoms with Gasteiger partial charge in [-0.05, 0) is 11.6 Å². The number of nitro groups is 1. The molecule has 3 rings (SSSR count). The van der Waals surface area contributed by atoms with Gasteiger partial charge in [0, 0.05) is 25.2 Å². The van der Waals surface area contributed by atoms with Crippen molar-refractivity contribution in [2.24, 2.45) is 0 Å². The van der Waals surface area contributed by atoms with Gasteiger partial charge in [0.05, 0.1) is 29.4 Å². The second kappa shape index (κ2) is 7.76. The molecule has 0 unspecified atom stereocenters. The lowest BCUT2D eigenvalue weighted by molar-refractivity contribution is -0.384. The van der Waals surface area contributed by atoms with Crippen LogP contribution in [-0.4, -0.2) is 37.2 Å². The minimum atomic E-state index is -0.575. The van der Waals surface area contributed by atoms with Crippen molar-refractivity contribution in [3.8, 4) is 0 Å². The summed E-state index contributed by atoms with van der Waals surface area (Å²) in [6, 6.07) is 13.6. The third-order valence-corrected chi connectivity index (χ3v) is 3.98. The van der Waals surface area contributed by atoms with E-state index in [1.54, 1.807) is 6.07 Å². The predicted octanol–water partition coefficient (Wildman–Crippen LogP) is 2.79. The zero-order valence-corrected chi connectivity index (χ0v) is 13.6. The van der Waals surface area contributed by atoms with E-state index in [0.29, 0.717) is 32.0 Å². The highest BCUT2D eigenvalue weighted by Gasteiger charge is 2.23. The van der Waals surface area contributed by atoms with E-state index in [4.69, 9.17) is 9.47 Å². The first-order valence-corrected chi connectivity index (χ1v) is 7.97. The van der Waals surface area contributed by atoms with E-state index in [1.807, 2.05) is 35.2 Å². The number of hydrogen-bond acceptors (Lipinski definition) is 6. The minimum Gasteiger partial charge on any atom is -0.457 e. The van der Waals surface area contributed by atoms with Crippen LogP contribution in [0.15, 0.2) is 48.5 Å². The number of carbonyl (C=O) groups excluding carboxylic acids is 1. The zero-order chi connectivity index (χ0) is 17.6. The lowest BCUT2D eigenvalue weighted by atomic mass is 10.1. The zero-order valence-electron chi connectivity index (χ0n) is 13.6. The number of esters is 1. The number of nitrogens with zero attached hydrogens (tertiary/aromatic N) is 2. The van der Waals surface area contributed by atoms with Crippen LogP contribution in [0.2, 0.25) is 0 Å². The average Bonchev–Trinajstić information content (AvgIpc) is 2.67. The van der Waals surface area contributed by atoms with Crippen molar-refractivity contribution in [1.29, 1.82) is 0 Å². The Kier molecular flexibility index (Phi) is 5.25. The SMILES string of the molecule is O=C(OCc1ccccc1)c1cc([N+](=O)[O-])ccc1N1CCOCC1. The molecule has 2 aromatic carbocycles. The van der Waals surface area contributed by atoms with Crippen molar-refractivity contribution in [3.63, 3.8) is 0 Å². The first-order chi connectivity index (χ1) is 12.1. The first-order valence-electron chi connectivity index (χ1n) is 7.97. The Morgan fingerprint density at radius 2 is 1.88 bits per heavy atom. The van der Waals surface area contributed by atoms with Crippen LogP contribution in [0.5, 0.6) is 0 Å². The van der Waals surface area contributed by atoms with Crippen LogP contribution in [0.3, 0.4) is 0 Å². The summed E-state index contributed by atoms with van der Waals surface area (Å²) in [5.41, 5.74) is 1.55. The first kappa shape index (κ1) is 16.9. The molecule has 0 aromatic heterocycles. The van der Waals surface area contributed by atoms with E-state index in [9.17, 15) is 14.9 Å². The Morgan fingerprint density at radius 3 is 2.56 bits per heavy atom. The molecule has 1 aliphatic rings. The molecule has 7 nitrogen and oxygen atoms in total. The fourth-order valence-electron chi connectivity index (χ4n) is 2.68. The topological polar surface area (TPSA) is 81.9 Å². The number of morpholine rings is 1. The molecule has 130 valence electrons. The lowest BCUT2D eigenvalue weighted by Crippen LogP contribution is -2.37. The monoisotopic (exact) mass is 342 g/mol. The molecule has 1 saturated heterocycles. The van der Waals surface area contributed by atoms with Crippen LogP contribution in [0.1, 0.15) is 15.9 Å². The van der Waals surface area contributed by atoms with E-state index in [-0.39, 0.29) is 17.9 Å². The van der Waals surface area contributed by atoms with Gasteiger partial charge in [0.15, 0.2) is 0 Å². The van der Waals surface area contributed by atoms with Gasteiger partial charge >= 0.3 is 5.97 Å². The molecule has 0 N–H and O–H groups in total. The molecule has 0 atom stereocenters. The standard InChI is InChI=1S/C18H18N2O5/c21-18(25-13-14-4-2-1-3-5-14)16-12-15(20(22)23)6-7-17(16)19-8-10-24-11-9-19/h1-7,12H,8-11,13H2.